The van der Waals surface area contributed by atoms with Gasteiger partial charge >= 0.3 is 12.1 Å². The highest BCUT2D eigenvalue weighted by Crippen LogP contribution is 2.22. The molecule has 6 nitrogen and oxygen atoms in total. The number of Topliss-reactive ketones (excluding diaryl/α,β-unsaturated/α-hetero) is 1. The Hall–Kier alpha value is -1.59. The van der Waals surface area contributed by atoms with Crippen LogP contribution in [-0.2, 0) is 19.1 Å². The molecule has 1 fully saturated rings. The number of esters is 1. The number of hydrogen-bond donors (Lipinski definition) is 0. The molecule has 1 saturated heterocycles. The average molecular weight is 285 g/mol. The molecule has 0 aliphatic carbocycles. The lowest BCUT2D eigenvalue weighted by Gasteiger charge is -2.35. The van der Waals surface area contributed by atoms with Gasteiger partial charge in [0.1, 0.15) is 12.0 Å². The zero-order valence-corrected chi connectivity index (χ0v) is 12.6. The minimum absolute atomic E-state index is 0.289. The molecule has 1 rings (SSSR count). The Labute approximate surface area is 119 Å². The molecule has 6 heteroatoms. The van der Waals surface area contributed by atoms with Gasteiger partial charge in [-0.15, -0.1) is 0 Å². The zero-order chi connectivity index (χ0) is 15.3. The van der Waals surface area contributed by atoms with Gasteiger partial charge in [-0.3, -0.25) is 14.5 Å². The molecule has 0 spiro atoms. The van der Waals surface area contributed by atoms with Crippen LogP contribution >= 0.6 is 0 Å². The zero-order valence-electron chi connectivity index (χ0n) is 12.6. The number of amides is 1. The van der Waals surface area contributed by atoms with Crippen molar-refractivity contribution in [2.45, 2.75) is 58.1 Å². The smallest absolute Gasteiger partial charge is 0.410 e. The molecule has 0 aromatic heterocycles. The van der Waals surface area contributed by atoms with Crippen LogP contribution in [0.5, 0.6) is 0 Å². The average Bonchev–Trinajstić information content (AvgIpc) is 2.36. The van der Waals surface area contributed by atoms with E-state index in [0.29, 0.717) is 13.0 Å². The molecule has 1 unspecified atom stereocenters. The van der Waals surface area contributed by atoms with Gasteiger partial charge in [-0.2, -0.15) is 0 Å². The van der Waals surface area contributed by atoms with Crippen LogP contribution < -0.4 is 0 Å². The largest absolute Gasteiger partial charge is 0.469 e. The van der Waals surface area contributed by atoms with Gasteiger partial charge in [0.25, 0.3) is 0 Å². The summed E-state index contributed by atoms with van der Waals surface area (Å²) in [6, 6.07) is -0.585. The van der Waals surface area contributed by atoms with E-state index < -0.39 is 23.7 Å². The van der Waals surface area contributed by atoms with Crippen molar-refractivity contribution in [1.29, 1.82) is 0 Å². The molecule has 1 heterocycles. The summed E-state index contributed by atoms with van der Waals surface area (Å²) in [7, 11) is 1.24. The summed E-state index contributed by atoms with van der Waals surface area (Å²) in [4.78, 5) is 36.8. The topological polar surface area (TPSA) is 72.9 Å². The quantitative estimate of drug-likeness (QED) is 0.585. The van der Waals surface area contributed by atoms with Crippen molar-refractivity contribution >= 4 is 17.8 Å². The highest BCUT2D eigenvalue weighted by molar-refractivity contribution is 5.99. The van der Waals surface area contributed by atoms with Crippen molar-refractivity contribution in [3.05, 3.63) is 0 Å². The van der Waals surface area contributed by atoms with E-state index in [1.807, 2.05) is 0 Å². The third-order valence-corrected chi connectivity index (χ3v) is 3.05. The second-order valence-electron chi connectivity index (χ2n) is 5.90. The predicted octanol–water partition coefficient (Wildman–Crippen LogP) is 1.91. The van der Waals surface area contributed by atoms with Crippen LogP contribution in [0.3, 0.4) is 0 Å². The van der Waals surface area contributed by atoms with Gasteiger partial charge in [-0.05, 0) is 40.0 Å². The third-order valence-electron chi connectivity index (χ3n) is 3.05. The summed E-state index contributed by atoms with van der Waals surface area (Å²) in [5, 5.41) is 0. The van der Waals surface area contributed by atoms with Crippen molar-refractivity contribution in [2.75, 3.05) is 13.7 Å². The summed E-state index contributed by atoms with van der Waals surface area (Å²) in [5.74, 6) is -0.868. The molecule has 0 N–H and O–H groups in total. The number of piperidine rings is 1. The van der Waals surface area contributed by atoms with E-state index >= 15 is 0 Å². The number of nitrogens with zero attached hydrogens (tertiary/aromatic N) is 1. The number of methoxy groups -OCH3 is 1. The lowest BCUT2D eigenvalue weighted by Crippen LogP contribution is -2.50. The van der Waals surface area contributed by atoms with Crippen molar-refractivity contribution in [3.63, 3.8) is 0 Å². The van der Waals surface area contributed by atoms with Gasteiger partial charge in [-0.1, -0.05) is 0 Å². The van der Waals surface area contributed by atoms with Crippen LogP contribution in [-0.4, -0.2) is 48.0 Å². The number of rotatable bonds is 3. The van der Waals surface area contributed by atoms with Gasteiger partial charge in [0.2, 0.25) is 0 Å². The van der Waals surface area contributed by atoms with Crippen LogP contribution in [0.25, 0.3) is 0 Å². The fourth-order valence-electron chi connectivity index (χ4n) is 2.14. The molecule has 114 valence electrons. The second-order valence-corrected chi connectivity index (χ2v) is 5.90. The van der Waals surface area contributed by atoms with Crippen LogP contribution in [0.1, 0.15) is 46.5 Å². The standard InChI is InChI=1S/C14H23NO5/c1-14(2,3)20-13(18)15-8-6-5-7-10(15)11(16)9-12(17)19-4/h10H,5-9H2,1-4H3. The monoisotopic (exact) mass is 285 g/mol. The van der Waals surface area contributed by atoms with Crippen LogP contribution in [0.4, 0.5) is 4.79 Å². The molecule has 0 aromatic rings. The van der Waals surface area contributed by atoms with E-state index in [4.69, 9.17) is 4.74 Å². The second kappa shape index (κ2) is 6.72. The molecule has 1 amide bonds. The highest BCUT2D eigenvalue weighted by Gasteiger charge is 2.35. The van der Waals surface area contributed by atoms with Gasteiger partial charge in [0.05, 0.1) is 13.2 Å². The van der Waals surface area contributed by atoms with E-state index in [1.54, 1.807) is 20.8 Å². The number of ketones is 1. The van der Waals surface area contributed by atoms with E-state index in [2.05, 4.69) is 4.74 Å². The lowest BCUT2D eigenvalue weighted by molar-refractivity contribution is -0.144. The maximum atomic E-state index is 12.1. The predicted molar refractivity (Wildman–Crippen MR) is 72.2 cm³/mol. The fraction of sp³-hybridized carbons (Fsp3) is 0.786. The molecule has 0 radical (unpaired) electrons. The number of ether oxygens (including phenoxy) is 2. The third kappa shape index (κ3) is 4.83. The summed E-state index contributed by atoms with van der Waals surface area (Å²) in [6.45, 7) is 5.81. The Bertz CT molecular complexity index is 386. The molecule has 20 heavy (non-hydrogen) atoms. The summed E-state index contributed by atoms with van der Waals surface area (Å²) >= 11 is 0. The first kappa shape index (κ1) is 16.5. The number of hydrogen-bond acceptors (Lipinski definition) is 5. The van der Waals surface area contributed by atoms with Gasteiger partial charge in [0.15, 0.2) is 5.78 Å². The Morgan fingerprint density at radius 3 is 2.40 bits per heavy atom. The summed E-state index contributed by atoms with van der Waals surface area (Å²) in [6.07, 6.45) is 1.45. The molecule has 0 aromatic carbocycles. The minimum atomic E-state index is -0.607. The molecule has 1 atom stereocenters. The molecule has 1 aliphatic heterocycles. The van der Waals surface area contributed by atoms with Crippen molar-refractivity contribution in [3.8, 4) is 0 Å². The van der Waals surface area contributed by atoms with Gasteiger partial charge in [0, 0.05) is 6.54 Å². The first-order valence-corrected chi connectivity index (χ1v) is 6.84. The van der Waals surface area contributed by atoms with Crippen molar-refractivity contribution in [1.82, 2.24) is 4.90 Å². The first-order valence-electron chi connectivity index (χ1n) is 6.84. The molecule has 0 bridgehead atoms. The Balaban J connectivity index is 2.73. The Morgan fingerprint density at radius 1 is 1.20 bits per heavy atom. The maximum absolute atomic E-state index is 12.1. The fourth-order valence-corrected chi connectivity index (χ4v) is 2.14. The van der Waals surface area contributed by atoms with Crippen LogP contribution in [0.15, 0.2) is 0 Å². The maximum Gasteiger partial charge on any atom is 0.410 e. The highest BCUT2D eigenvalue weighted by atomic mass is 16.6. The molecule has 1 aliphatic rings. The minimum Gasteiger partial charge on any atom is -0.469 e. The SMILES string of the molecule is COC(=O)CC(=O)C1CCCCN1C(=O)OC(C)(C)C. The van der Waals surface area contributed by atoms with Crippen molar-refractivity contribution in [2.24, 2.45) is 0 Å². The van der Waals surface area contributed by atoms with Gasteiger partial charge < -0.3 is 9.47 Å². The number of carbonyl (C=O) groups is 3. The molecule has 0 saturated carbocycles. The normalized spacial score (nSPS) is 19.4. The van der Waals surface area contributed by atoms with E-state index in [0.717, 1.165) is 12.8 Å². The van der Waals surface area contributed by atoms with Crippen LogP contribution in [0, 0.1) is 0 Å². The summed E-state index contributed by atoms with van der Waals surface area (Å²) in [5.41, 5.74) is -0.607. The van der Waals surface area contributed by atoms with Crippen LogP contribution in [0.2, 0.25) is 0 Å². The van der Waals surface area contributed by atoms with E-state index in [9.17, 15) is 14.4 Å². The summed E-state index contributed by atoms with van der Waals surface area (Å²) < 4.78 is 9.80. The van der Waals surface area contributed by atoms with E-state index in [-0.39, 0.29) is 12.2 Å². The molecular formula is C14H23NO5. The number of likely N-dealkylation sites (tertiary alicyclic amines) is 1. The molecular weight excluding hydrogens is 262 g/mol. The first-order chi connectivity index (χ1) is 9.24. The number of carbonyl (C=O) groups excluding carboxylic acids is 3. The lowest BCUT2D eigenvalue weighted by atomic mass is 9.97. The Morgan fingerprint density at radius 2 is 1.85 bits per heavy atom. The van der Waals surface area contributed by atoms with E-state index in [1.165, 1.54) is 12.0 Å². The Kier molecular flexibility index (Phi) is 5.53. The van der Waals surface area contributed by atoms with Gasteiger partial charge in [-0.25, -0.2) is 4.79 Å². The van der Waals surface area contributed by atoms with Crippen molar-refractivity contribution < 1.29 is 23.9 Å².